The van der Waals surface area contributed by atoms with E-state index < -0.39 is 11.4 Å². The van der Waals surface area contributed by atoms with Crippen LogP contribution in [0.15, 0.2) is 41.0 Å². The smallest absolute Gasteiger partial charge is 0.141 e. The molecule has 0 radical (unpaired) electrons. The van der Waals surface area contributed by atoms with Gasteiger partial charge in [0.1, 0.15) is 11.6 Å². The Morgan fingerprint density at radius 2 is 2.00 bits per heavy atom. The van der Waals surface area contributed by atoms with Gasteiger partial charge in [-0.2, -0.15) is 0 Å². The molecule has 100 valence electrons. The highest BCUT2D eigenvalue weighted by Gasteiger charge is 2.23. The van der Waals surface area contributed by atoms with Gasteiger partial charge in [0.25, 0.3) is 0 Å². The molecule has 0 bridgehead atoms. The zero-order valence-electron chi connectivity index (χ0n) is 10.3. The zero-order valence-corrected chi connectivity index (χ0v) is 11.9. The second-order valence-electron chi connectivity index (χ2n) is 4.70. The average Bonchev–Trinajstić information content (AvgIpc) is 2.34. The monoisotopic (exact) mass is 326 g/mol. The first-order chi connectivity index (χ1) is 8.88. The van der Waals surface area contributed by atoms with Crippen LogP contribution in [-0.2, 0) is 12.0 Å². The number of hydrogen-bond acceptors (Lipinski definition) is 2. The summed E-state index contributed by atoms with van der Waals surface area (Å²) in [6.07, 6.45) is 1.62. The van der Waals surface area contributed by atoms with E-state index in [1.165, 1.54) is 12.1 Å². The van der Waals surface area contributed by atoms with Gasteiger partial charge < -0.3 is 5.73 Å². The number of aromatic nitrogens is 1. The molecule has 0 amide bonds. The molecule has 0 aliphatic heterocycles. The first-order valence-corrected chi connectivity index (χ1v) is 6.52. The van der Waals surface area contributed by atoms with Gasteiger partial charge in [0, 0.05) is 0 Å². The molecular formula is C14H13BrF2N2. The van der Waals surface area contributed by atoms with Crippen LogP contribution in [0.25, 0.3) is 0 Å². The Bertz CT molecular complexity index is 582. The summed E-state index contributed by atoms with van der Waals surface area (Å²) in [5.41, 5.74) is 6.94. The van der Waals surface area contributed by atoms with Gasteiger partial charge in [-0.25, -0.2) is 8.78 Å². The third kappa shape index (κ3) is 3.36. The Morgan fingerprint density at radius 3 is 2.58 bits per heavy atom. The average molecular weight is 327 g/mol. The van der Waals surface area contributed by atoms with E-state index in [1.54, 1.807) is 18.2 Å². The van der Waals surface area contributed by atoms with E-state index in [1.807, 2.05) is 6.92 Å². The van der Waals surface area contributed by atoms with Gasteiger partial charge in [-0.05, 0) is 59.1 Å². The van der Waals surface area contributed by atoms with Gasteiger partial charge in [-0.15, -0.1) is 0 Å². The lowest BCUT2D eigenvalue weighted by Crippen LogP contribution is -2.36. The number of nitrogens with zero attached hydrogens (tertiary/aromatic N) is 1. The second-order valence-corrected chi connectivity index (χ2v) is 5.56. The van der Waals surface area contributed by atoms with Crippen molar-refractivity contribution < 1.29 is 8.78 Å². The Kier molecular flexibility index (Phi) is 3.96. The summed E-state index contributed by atoms with van der Waals surface area (Å²) in [4.78, 5) is 4.00. The van der Waals surface area contributed by atoms with Crippen molar-refractivity contribution in [3.63, 3.8) is 0 Å². The fraction of sp³-hybridized carbons (Fsp3) is 0.214. The van der Waals surface area contributed by atoms with Crippen molar-refractivity contribution in [2.24, 2.45) is 5.73 Å². The summed E-state index contributed by atoms with van der Waals surface area (Å²) < 4.78 is 26.4. The number of rotatable bonds is 3. The van der Waals surface area contributed by atoms with E-state index in [-0.39, 0.29) is 5.82 Å². The summed E-state index contributed by atoms with van der Waals surface area (Å²) in [7, 11) is 0. The minimum Gasteiger partial charge on any atom is -0.320 e. The molecule has 19 heavy (non-hydrogen) atoms. The molecule has 2 N–H and O–H groups in total. The number of pyridine rings is 1. The van der Waals surface area contributed by atoms with E-state index >= 15 is 0 Å². The first kappa shape index (κ1) is 14.1. The molecule has 2 nitrogen and oxygen atoms in total. The Morgan fingerprint density at radius 1 is 1.26 bits per heavy atom. The van der Waals surface area contributed by atoms with Gasteiger partial charge in [0.2, 0.25) is 0 Å². The molecule has 0 aliphatic rings. The van der Waals surface area contributed by atoms with Crippen LogP contribution in [0.4, 0.5) is 8.78 Å². The topological polar surface area (TPSA) is 38.9 Å². The molecule has 0 aliphatic carbocycles. The molecule has 0 spiro atoms. The standard InChI is InChI=1S/C14H13BrF2N2/c1-14(18,13-5-3-10(16)8-19-13)7-9-2-4-12(17)11(15)6-9/h2-6,8H,7,18H2,1H3. The van der Waals surface area contributed by atoms with Crippen LogP contribution in [0.2, 0.25) is 0 Å². The van der Waals surface area contributed by atoms with Crippen LogP contribution in [-0.4, -0.2) is 4.98 Å². The SMILES string of the molecule is CC(N)(Cc1ccc(F)c(Br)c1)c1ccc(F)cn1. The van der Waals surface area contributed by atoms with Crippen molar-refractivity contribution in [2.75, 3.05) is 0 Å². The van der Waals surface area contributed by atoms with Crippen LogP contribution in [0.3, 0.4) is 0 Å². The molecule has 0 saturated carbocycles. The zero-order chi connectivity index (χ0) is 14.0. The summed E-state index contributed by atoms with van der Waals surface area (Å²) in [5, 5.41) is 0. The van der Waals surface area contributed by atoms with E-state index in [9.17, 15) is 8.78 Å². The lowest BCUT2D eigenvalue weighted by molar-refractivity contribution is 0.472. The van der Waals surface area contributed by atoms with Gasteiger partial charge in [-0.3, -0.25) is 4.98 Å². The fourth-order valence-electron chi connectivity index (χ4n) is 1.88. The number of hydrogen-bond donors (Lipinski definition) is 1. The minimum absolute atomic E-state index is 0.317. The van der Waals surface area contributed by atoms with Gasteiger partial charge in [-0.1, -0.05) is 6.07 Å². The van der Waals surface area contributed by atoms with Gasteiger partial charge >= 0.3 is 0 Å². The molecule has 0 fully saturated rings. The van der Waals surface area contributed by atoms with Crippen molar-refractivity contribution in [1.82, 2.24) is 4.98 Å². The lowest BCUT2D eigenvalue weighted by atomic mass is 9.90. The molecule has 1 aromatic heterocycles. The highest BCUT2D eigenvalue weighted by molar-refractivity contribution is 9.10. The number of nitrogens with two attached hydrogens (primary N) is 1. The van der Waals surface area contributed by atoms with E-state index in [0.717, 1.165) is 11.8 Å². The molecular weight excluding hydrogens is 314 g/mol. The van der Waals surface area contributed by atoms with Crippen molar-refractivity contribution in [2.45, 2.75) is 18.9 Å². The van der Waals surface area contributed by atoms with Crippen molar-refractivity contribution in [3.05, 3.63) is 63.9 Å². The quantitative estimate of drug-likeness (QED) is 0.936. The normalized spacial score (nSPS) is 14.2. The highest BCUT2D eigenvalue weighted by atomic mass is 79.9. The van der Waals surface area contributed by atoms with Crippen molar-refractivity contribution in [1.29, 1.82) is 0 Å². The van der Waals surface area contributed by atoms with E-state index in [4.69, 9.17) is 5.73 Å². The maximum atomic E-state index is 13.2. The fourth-order valence-corrected chi connectivity index (χ4v) is 2.30. The highest BCUT2D eigenvalue weighted by Crippen LogP contribution is 2.24. The van der Waals surface area contributed by atoms with Gasteiger partial charge in [0.05, 0.1) is 21.9 Å². The van der Waals surface area contributed by atoms with Crippen LogP contribution in [0.1, 0.15) is 18.2 Å². The maximum absolute atomic E-state index is 13.2. The molecule has 1 atom stereocenters. The van der Waals surface area contributed by atoms with Crippen LogP contribution in [0.5, 0.6) is 0 Å². The number of benzene rings is 1. The summed E-state index contributed by atoms with van der Waals surface area (Å²) >= 11 is 3.14. The molecule has 5 heteroatoms. The molecule has 0 saturated heterocycles. The van der Waals surface area contributed by atoms with Crippen molar-refractivity contribution in [3.8, 4) is 0 Å². The Hall–Kier alpha value is -1.33. The molecule has 2 aromatic rings. The Balaban J connectivity index is 2.25. The van der Waals surface area contributed by atoms with Crippen LogP contribution >= 0.6 is 15.9 Å². The lowest BCUT2D eigenvalue weighted by Gasteiger charge is -2.24. The third-order valence-electron chi connectivity index (χ3n) is 2.87. The largest absolute Gasteiger partial charge is 0.320 e. The maximum Gasteiger partial charge on any atom is 0.141 e. The molecule has 1 unspecified atom stereocenters. The first-order valence-electron chi connectivity index (χ1n) is 5.73. The Labute approximate surface area is 118 Å². The van der Waals surface area contributed by atoms with Crippen molar-refractivity contribution >= 4 is 15.9 Å². The predicted molar refractivity (Wildman–Crippen MR) is 73.5 cm³/mol. The second kappa shape index (κ2) is 5.35. The summed E-state index contributed by atoms with van der Waals surface area (Å²) in [5.74, 6) is -0.716. The molecule has 1 aromatic carbocycles. The van der Waals surface area contributed by atoms with E-state index in [0.29, 0.717) is 16.6 Å². The predicted octanol–water partition coefficient (Wildman–Crippen LogP) is 3.54. The number of halogens is 3. The third-order valence-corrected chi connectivity index (χ3v) is 3.48. The molecule has 1 heterocycles. The molecule has 2 rings (SSSR count). The summed E-state index contributed by atoms with van der Waals surface area (Å²) in [6, 6.07) is 7.63. The summed E-state index contributed by atoms with van der Waals surface area (Å²) in [6.45, 7) is 1.81. The van der Waals surface area contributed by atoms with Crippen LogP contribution in [0, 0.1) is 11.6 Å². The van der Waals surface area contributed by atoms with Gasteiger partial charge in [0.15, 0.2) is 0 Å². The van der Waals surface area contributed by atoms with E-state index in [2.05, 4.69) is 20.9 Å². The van der Waals surface area contributed by atoms with Crippen LogP contribution < -0.4 is 5.73 Å². The minimum atomic E-state index is -0.745.